The summed E-state index contributed by atoms with van der Waals surface area (Å²) in [4.78, 5) is 43.0. The van der Waals surface area contributed by atoms with Crippen LogP contribution >= 0.6 is 11.3 Å². The molecule has 1 amide bonds. The largest absolute Gasteiger partial charge is 0.507 e. The van der Waals surface area contributed by atoms with Gasteiger partial charge in [0.1, 0.15) is 11.6 Å². The fraction of sp³-hybridized carbons (Fsp3) is 0.0800. The predicted octanol–water partition coefficient (Wildman–Crippen LogP) is 5.28. The maximum Gasteiger partial charge on any atom is 0.301 e. The number of anilines is 1. The van der Waals surface area contributed by atoms with Crippen molar-refractivity contribution in [2.75, 3.05) is 4.90 Å². The van der Waals surface area contributed by atoms with Crippen molar-refractivity contribution >= 4 is 49.8 Å². The van der Waals surface area contributed by atoms with E-state index in [0.717, 1.165) is 27.3 Å². The average molecular weight is 489 g/mol. The SMILES string of the molecule is Cc1ccc2nc(N3C(=O)C(=O)C(=C(O)c4ccc(F)cc4)[C@@H]3c3cccc([N+](=O)[O-])c3)sc2c1. The van der Waals surface area contributed by atoms with Crippen LogP contribution in [0.5, 0.6) is 0 Å². The molecule has 0 unspecified atom stereocenters. The topological polar surface area (TPSA) is 114 Å². The average Bonchev–Trinajstić information content (AvgIpc) is 3.37. The number of nitrogens with zero attached hydrogens (tertiary/aromatic N) is 3. The summed E-state index contributed by atoms with van der Waals surface area (Å²) >= 11 is 1.19. The second-order valence-corrected chi connectivity index (χ2v) is 9.00. The van der Waals surface area contributed by atoms with Crippen LogP contribution < -0.4 is 4.90 Å². The van der Waals surface area contributed by atoms with E-state index in [-0.39, 0.29) is 27.5 Å². The van der Waals surface area contributed by atoms with Gasteiger partial charge in [-0.15, -0.1) is 0 Å². The zero-order valence-corrected chi connectivity index (χ0v) is 19.0. The van der Waals surface area contributed by atoms with E-state index in [9.17, 15) is 29.2 Å². The van der Waals surface area contributed by atoms with Crippen molar-refractivity contribution in [3.8, 4) is 0 Å². The second-order valence-electron chi connectivity index (χ2n) is 8.00. The molecule has 1 N–H and O–H groups in total. The van der Waals surface area contributed by atoms with Crippen LogP contribution in [0, 0.1) is 22.9 Å². The van der Waals surface area contributed by atoms with Crippen molar-refractivity contribution in [1.29, 1.82) is 0 Å². The van der Waals surface area contributed by atoms with Crippen LogP contribution in [-0.4, -0.2) is 26.7 Å². The smallest absolute Gasteiger partial charge is 0.301 e. The summed E-state index contributed by atoms with van der Waals surface area (Å²) < 4.78 is 14.2. The number of halogens is 1. The van der Waals surface area contributed by atoms with Gasteiger partial charge in [0.2, 0.25) is 0 Å². The number of nitro groups is 1. The Kier molecular flexibility index (Phi) is 5.37. The Morgan fingerprint density at radius 2 is 1.86 bits per heavy atom. The Labute approximate surface area is 201 Å². The first-order chi connectivity index (χ1) is 16.7. The van der Waals surface area contributed by atoms with Gasteiger partial charge in [0.05, 0.1) is 26.8 Å². The van der Waals surface area contributed by atoms with Crippen molar-refractivity contribution in [1.82, 2.24) is 4.98 Å². The number of ketones is 1. The number of benzene rings is 3. The number of hydrogen-bond donors (Lipinski definition) is 1. The fourth-order valence-electron chi connectivity index (χ4n) is 4.04. The molecule has 1 aliphatic heterocycles. The van der Waals surface area contributed by atoms with Crippen LogP contribution in [0.15, 0.2) is 72.3 Å². The Hall–Kier alpha value is -4.44. The predicted molar refractivity (Wildman–Crippen MR) is 129 cm³/mol. The number of aliphatic hydroxyl groups is 1. The first-order valence-electron chi connectivity index (χ1n) is 10.4. The molecule has 174 valence electrons. The van der Waals surface area contributed by atoms with E-state index in [1.807, 2.05) is 19.1 Å². The summed E-state index contributed by atoms with van der Waals surface area (Å²) in [6.07, 6.45) is 0. The highest BCUT2D eigenvalue weighted by atomic mass is 32.1. The maximum absolute atomic E-state index is 13.4. The number of carbonyl (C=O) groups excluding carboxylic acids is 2. The number of rotatable bonds is 4. The molecule has 35 heavy (non-hydrogen) atoms. The maximum atomic E-state index is 13.4. The Bertz CT molecular complexity index is 1560. The van der Waals surface area contributed by atoms with Crippen molar-refractivity contribution in [3.05, 3.63) is 105 Å². The van der Waals surface area contributed by atoms with Crippen LogP contribution in [-0.2, 0) is 9.59 Å². The van der Waals surface area contributed by atoms with Gasteiger partial charge in [-0.05, 0) is 54.4 Å². The number of fused-ring (bicyclic) bond motifs is 1. The van der Waals surface area contributed by atoms with Gasteiger partial charge in [-0.25, -0.2) is 9.37 Å². The molecule has 0 radical (unpaired) electrons. The molecule has 2 heterocycles. The zero-order chi connectivity index (χ0) is 24.9. The lowest BCUT2D eigenvalue weighted by Crippen LogP contribution is -2.29. The lowest BCUT2D eigenvalue weighted by molar-refractivity contribution is -0.384. The van der Waals surface area contributed by atoms with E-state index in [1.165, 1.54) is 47.7 Å². The molecule has 0 bridgehead atoms. The molecule has 1 fully saturated rings. The van der Waals surface area contributed by atoms with E-state index in [0.29, 0.717) is 5.52 Å². The van der Waals surface area contributed by atoms with Gasteiger partial charge < -0.3 is 5.11 Å². The van der Waals surface area contributed by atoms with Crippen LogP contribution in [0.1, 0.15) is 22.7 Å². The number of thiazole rings is 1. The number of amides is 1. The Balaban J connectivity index is 1.75. The number of hydrogen-bond acceptors (Lipinski definition) is 7. The minimum atomic E-state index is -1.18. The Morgan fingerprint density at radius 1 is 1.11 bits per heavy atom. The number of aliphatic hydroxyl groups excluding tert-OH is 1. The lowest BCUT2D eigenvalue weighted by atomic mass is 9.95. The molecule has 8 nitrogen and oxygen atoms in total. The van der Waals surface area contributed by atoms with Gasteiger partial charge in [-0.2, -0.15) is 0 Å². The number of nitro benzene ring substituents is 1. The van der Waals surface area contributed by atoms with Crippen LogP contribution in [0.25, 0.3) is 16.0 Å². The molecule has 1 aliphatic rings. The summed E-state index contributed by atoms with van der Waals surface area (Å²) in [5, 5.41) is 22.7. The van der Waals surface area contributed by atoms with Crippen molar-refractivity contribution in [3.63, 3.8) is 0 Å². The molecule has 5 rings (SSSR count). The molecule has 0 saturated carbocycles. The van der Waals surface area contributed by atoms with Gasteiger partial charge >= 0.3 is 5.91 Å². The highest BCUT2D eigenvalue weighted by Gasteiger charge is 2.48. The van der Waals surface area contributed by atoms with Gasteiger partial charge in [-0.1, -0.05) is 29.5 Å². The molecule has 10 heteroatoms. The fourth-order valence-corrected chi connectivity index (χ4v) is 5.13. The van der Waals surface area contributed by atoms with Crippen LogP contribution in [0.3, 0.4) is 0 Å². The molecule has 1 aromatic heterocycles. The summed E-state index contributed by atoms with van der Waals surface area (Å²) in [5.74, 6) is -2.96. The first kappa shape index (κ1) is 22.4. The second kappa shape index (κ2) is 8.41. The number of aryl methyl sites for hydroxylation is 1. The van der Waals surface area contributed by atoms with Crippen LogP contribution in [0.4, 0.5) is 15.2 Å². The van der Waals surface area contributed by atoms with Gasteiger partial charge in [-0.3, -0.25) is 24.6 Å². The summed E-state index contributed by atoms with van der Waals surface area (Å²) in [7, 11) is 0. The molecule has 0 aliphatic carbocycles. The minimum absolute atomic E-state index is 0.125. The normalized spacial score (nSPS) is 17.3. The molecule has 3 aromatic carbocycles. The number of Topliss-reactive ketones (excluding diaryl/α,β-unsaturated/α-hetero) is 1. The molecule has 4 aromatic rings. The lowest BCUT2D eigenvalue weighted by Gasteiger charge is -2.22. The summed E-state index contributed by atoms with van der Waals surface area (Å²) in [6, 6.07) is 14.7. The summed E-state index contributed by atoms with van der Waals surface area (Å²) in [6.45, 7) is 1.91. The molecule has 1 atom stereocenters. The molecule has 1 saturated heterocycles. The Morgan fingerprint density at radius 3 is 2.57 bits per heavy atom. The molecular formula is C25H16FN3O5S. The highest BCUT2D eigenvalue weighted by molar-refractivity contribution is 7.22. The van der Waals surface area contributed by atoms with Crippen molar-refractivity contribution in [2.24, 2.45) is 0 Å². The van der Waals surface area contributed by atoms with E-state index >= 15 is 0 Å². The van der Waals surface area contributed by atoms with E-state index in [4.69, 9.17) is 0 Å². The number of aromatic nitrogens is 1. The van der Waals surface area contributed by atoms with Crippen LogP contribution in [0.2, 0.25) is 0 Å². The highest BCUT2D eigenvalue weighted by Crippen LogP contribution is 2.44. The van der Waals surface area contributed by atoms with Crippen molar-refractivity contribution < 1.29 is 24.0 Å². The van der Waals surface area contributed by atoms with E-state index in [2.05, 4.69) is 4.98 Å². The molecule has 0 spiro atoms. The number of non-ortho nitro benzene ring substituents is 1. The quantitative estimate of drug-likeness (QED) is 0.137. The third-order valence-corrected chi connectivity index (χ3v) is 6.72. The van der Waals surface area contributed by atoms with Gasteiger partial charge in [0.15, 0.2) is 5.13 Å². The van der Waals surface area contributed by atoms with Gasteiger partial charge in [0.25, 0.3) is 11.5 Å². The third kappa shape index (κ3) is 3.83. The van der Waals surface area contributed by atoms with Gasteiger partial charge in [0, 0.05) is 17.7 Å². The zero-order valence-electron chi connectivity index (χ0n) is 18.1. The van der Waals surface area contributed by atoms with E-state index in [1.54, 1.807) is 6.07 Å². The first-order valence-corrected chi connectivity index (χ1v) is 11.2. The monoisotopic (exact) mass is 489 g/mol. The standard InChI is InChI=1S/C25H16FN3O5S/c1-13-5-10-18-19(11-13)35-25(27-18)28-21(15-3-2-4-17(12-15)29(33)34)20(23(31)24(28)32)22(30)14-6-8-16(26)9-7-14/h2-12,21,30H,1H3/t21-/m0/s1. The molecular weight excluding hydrogens is 473 g/mol. The third-order valence-electron chi connectivity index (χ3n) is 5.70. The van der Waals surface area contributed by atoms with Crippen molar-refractivity contribution in [2.45, 2.75) is 13.0 Å². The number of carbonyl (C=O) groups is 2. The minimum Gasteiger partial charge on any atom is -0.507 e. The summed E-state index contributed by atoms with van der Waals surface area (Å²) in [5.41, 5.74) is 1.47. The van der Waals surface area contributed by atoms with E-state index < -0.39 is 34.2 Å².